The molecule has 0 aromatic heterocycles. The molecule has 2 aliphatic rings. The van der Waals surface area contributed by atoms with E-state index in [9.17, 15) is 0 Å². The van der Waals surface area contributed by atoms with E-state index in [1.807, 2.05) is 0 Å². The van der Waals surface area contributed by atoms with Crippen LogP contribution in [-0.2, 0) is 14.7 Å². The second-order valence-corrected chi connectivity index (χ2v) is 12.0. The summed E-state index contributed by atoms with van der Waals surface area (Å²) in [6.07, 6.45) is 0. The van der Waals surface area contributed by atoms with E-state index < -0.39 is 23.7 Å². The Hall–Kier alpha value is -3.92. The summed E-state index contributed by atoms with van der Waals surface area (Å²) in [5.41, 5.74) is 9.84. The maximum absolute atomic E-state index is 6.49. The molecule has 196 valence electrons. The van der Waals surface area contributed by atoms with Crippen molar-refractivity contribution in [2.75, 3.05) is 0 Å². The zero-order valence-corrected chi connectivity index (χ0v) is 23.5. The van der Waals surface area contributed by atoms with Gasteiger partial charge in [-0.1, -0.05) is 127 Å². The Morgan fingerprint density at radius 1 is 0.475 bits per heavy atom. The van der Waals surface area contributed by atoms with Gasteiger partial charge in [-0.3, -0.25) is 0 Å². The van der Waals surface area contributed by atoms with Gasteiger partial charge in [0.1, 0.15) is 0 Å². The molecule has 0 atom stereocenters. The van der Waals surface area contributed by atoms with Crippen molar-refractivity contribution < 1.29 is 9.31 Å². The molecule has 1 heterocycles. The van der Waals surface area contributed by atoms with Gasteiger partial charge in [0.15, 0.2) is 0 Å². The molecule has 5 aromatic carbocycles. The van der Waals surface area contributed by atoms with Crippen LogP contribution in [0.5, 0.6) is 0 Å². The van der Waals surface area contributed by atoms with Crippen molar-refractivity contribution in [2.24, 2.45) is 0 Å². The van der Waals surface area contributed by atoms with Gasteiger partial charge in [-0.05, 0) is 77.7 Å². The van der Waals surface area contributed by atoms with Crippen molar-refractivity contribution in [3.63, 3.8) is 0 Å². The van der Waals surface area contributed by atoms with Crippen LogP contribution in [0, 0.1) is 0 Å². The number of fused-ring (bicyclic) bond motifs is 3. The predicted octanol–water partition coefficient (Wildman–Crippen LogP) is 8.02. The maximum atomic E-state index is 6.49. The van der Waals surface area contributed by atoms with Gasteiger partial charge in [0, 0.05) is 0 Å². The van der Waals surface area contributed by atoms with Crippen LogP contribution in [0.1, 0.15) is 49.9 Å². The molecule has 1 saturated heterocycles. The van der Waals surface area contributed by atoms with Crippen LogP contribution in [0.15, 0.2) is 127 Å². The smallest absolute Gasteiger partial charge is 0.399 e. The zero-order chi connectivity index (χ0) is 27.5. The van der Waals surface area contributed by atoms with Gasteiger partial charge in [0.2, 0.25) is 0 Å². The van der Waals surface area contributed by atoms with E-state index in [-0.39, 0.29) is 0 Å². The molecule has 1 aliphatic carbocycles. The Morgan fingerprint density at radius 3 is 1.60 bits per heavy atom. The summed E-state index contributed by atoms with van der Waals surface area (Å²) in [6, 6.07) is 46.3. The van der Waals surface area contributed by atoms with Crippen LogP contribution in [0.25, 0.3) is 22.3 Å². The number of hydrogen-bond acceptors (Lipinski definition) is 2. The molecule has 0 saturated carbocycles. The van der Waals surface area contributed by atoms with Gasteiger partial charge in [0.05, 0.1) is 16.6 Å². The minimum absolute atomic E-state index is 0.398. The second-order valence-electron chi connectivity index (χ2n) is 12.0. The van der Waals surface area contributed by atoms with Crippen molar-refractivity contribution in [1.82, 2.24) is 0 Å². The molecule has 0 bridgehead atoms. The SMILES string of the molecule is CC1(C)OB(c2cccc(C3(c4ccc(-c5ccccc5)cc4)c4ccccc4-c4ccccc43)c2)OC1(C)C. The Balaban J connectivity index is 1.45. The second kappa shape index (κ2) is 9.06. The third kappa shape index (κ3) is 3.65. The van der Waals surface area contributed by atoms with Gasteiger partial charge in [-0.25, -0.2) is 0 Å². The number of hydrogen-bond donors (Lipinski definition) is 0. The van der Waals surface area contributed by atoms with Gasteiger partial charge >= 0.3 is 7.12 Å². The van der Waals surface area contributed by atoms with E-state index in [1.54, 1.807) is 0 Å². The quantitative estimate of drug-likeness (QED) is 0.219. The molecule has 7 rings (SSSR count). The van der Waals surface area contributed by atoms with Crippen molar-refractivity contribution in [1.29, 1.82) is 0 Å². The Morgan fingerprint density at radius 2 is 1.00 bits per heavy atom. The average molecular weight is 520 g/mol. The number of rotatable bonds is 4. The summed E-state index contributed by atoms with van der Waals surface area (Å²) >= 11 is 0. The van der Waals surface area contributed by atoms with Crippen molar-refractivity contribution in [3.05, 3.63) is 150 Å². The molecular weight excluding hydrogens is 487 g/mol. The van der Waals surface area contributed by atoms with E-state index in [4.69, 9.17) is 9.31 Å². The van der Waals surface area contributed by atoms with Crippen molar-refractivity contribution in [3.8, 4) is 22.3 Å². The molecule has 0 unspecified atom stereocenters. The standard InChI is InChI=1S/C37H33BO2/c1-35(2)36(3,4)40-38(39-35)30-16-12-15-29(25-30)37(28-23-21-27(22-24-28)26-13-6-5-7-14-26)33-19-10-8-17-31(33)32-18-9-11-20-34(32)37/h5-25H,1-4H3. The lowest BCUT2D eigenvalue weighted by atomic mass is 9.66. The van der Waals surface area contributed by atoms with E-state index in [0.29, 0.717) is 0 Å². The highest BCUT2D eigenvalue weighted by Crippen LogP contribution is 2.56. The van der Waals surface area contributed by atoms with Gasteiger partial charge in [0.25, 0.3) is 0 Å². The molecule has 3 heteroatoms. The van der Waals surface area contributed by atoms with Crippen molar-refractivity contribution in [2.45, 2.75) is 44.3 Å². The molecular formula is C37H33BO2. The van der Waals surface area contributed by atoms with E-state index in [2.05, 4.69) is 155 Å². The summed E-state index contributed by atoms with van der Waals surface area (Å²) in [5, 5.41) is 0. The Bertz CT molecular complexity index is 1640. The molecule has 1 fully saturated rings. The fraction of sp³-hybridized carbons (Fsp3) is 0.189. The lowest BCUT2D eigenvalue weighted by Gasteiger charge is -2.34. The highest BCUT2D eigenvalue weighted by atomic mass is 16.7. The Kier molecular flexibility index (Phi) is 5.68. The van der Waals surface area contributed by atoms with Crippen LogP contribution in [0.4, 0.5) is 0 Å². The number of benzene rings is 5. The normalized spacial score (nSPS) is 17.9. The first-order valence-electron chi connectivity index (χ1n) is 14.1. The largest absolute Gasteiger partial charge is 0.494 e. The minimum Gasteiger partial charge on any atom is -0.399 e. The fourth-order valence-electron chi connectivity index (χ4n) is 6.46. The lowest BCUT2D eigenvalue weighted by Crippen LogP contribution is -2.41. The Labute approximate surface area is 237 Å². The predicted molar refractivity (Wildman–Crippen MR) is 165 cm³/mol. The monoisotopic (exact) mass is 520 g/mol. The van der Waals surface area contributed by atoms with E-state index >= 15 is 0 Å². The van der Waals surface area contributed by atoms with Crippen LogP contribution in [0.2, 0.25) is 0 Å². The summed E-state index contributed by atoms with van der Waals surface area (Å²) in [5.74, 6) is 0. The minimum atomic E-state index is -0.470. The first kappa shape index (κ1) is 25.1. The molecule has 1 aliphatic heterocycles. The third-order valence-electron chi connectivity index (χ3n) is 9.22. The molecule has 2 nitrogen and oxygen atoms in total. The van der Waals surface area contributed by atoms with E-state index in [0.717, 1.165) is 5.46 Å². The lowest BCUT2D eigenvalue weighted by molar-refractivity contribution is 0.00578. The first-order valence-corrected chi connectivity index (χ1v) is 14.1. The summed E-state index contributed by atoms with van der Waals surface area (Å²) in [6.45, 7) is 8.43. The molecule has 0 spiro atoms. The van der Waals surface area contributed by atoms with E-state index in [1.165, 1.54) is 44.5 Å². The highest BCUT2D eigenvalue weighted by molar-refractivity contribution is 6.62. The van der Waals surface area contributed by atoms with Crippen LogP contribution in [-0.4, -0.2) is 18.3 Å². The first-order chi connectivity index (χ1) is 19.3. The van der Waals surface area contributed by atoms with Crippen LogP contribution < -0.4 is 5.46 Å². The van der Waals surface area contributed by atoms with Crippen molar-refractivity contribution >= 4 is 12.6 Å². The fourth-order valence-corrected chi connectivity index (χ4v) is 6.46. The van der Waals surface area contributed by atoms with Crippen LogP contribution >= 0.6 is 0 Å². The van der Waals surface area contributed by atoms with Gasteiger partial charge in [-0.2, -0.15) is 0 Å². The zero-order valence-electron chi connectivity index (χ0n) is 23.5. The molecule has 40 heavy (non-hydrogen) atoms. The molecule has 0 amide bonds. The molecule has 0 N–H and O–H groups in total. The summed E-state index contributed by atoms with van der Waals surface area (Å²) in [7, 11) is -0.422. The van der Waals surface area contributed by atoms with Gasteiger partial charge in [-0.15, -0.1) is 0 Å². The average Bonchev–Trinajstić information content (AvgIpc) is 3.40. The van der Waals surface area contributed by atoms with Crippen LogP contribution in [0.3, 0.4) is 0 Å². The molecule has 0 radical (unpaired) electrons. The maximum Gasteiger partial charge on any atom is 0.494 e. The summed E-state index contributed by atoms with van der Waals surface area (Å²) in [4.78, 5) is 0. The summed E-state index contributed by atoms with van der Waals surface area (Å²) < 4.78 is 13.0. The third-order valence-corrected chi connectivity index (χ3v) is 9.22. The topological polar surface area (TPSA) is 18.5 Å². The highest BCUT2D eigenvalue weighted by Gasteiger charge is 2.52. The molecule has 5 aromatic rings. The van der Waals surface area contributed by atoms with Gasteiger partial charge < -0.3 is 9.31 Å².